The first-order valence-corrected chi connectivity index (χ1v) is 6.38. The Morgan fingerprint density at radius 1 is 1.39 bits per heavy atom. The van der Waals surface area contributed by atoms with Crippen LogP contribution in [0.25, 0.3) is 0 Å². The smallest absolute Gasteiger partial charge is 0.161 e. The predicted molar refractivity (Wildman–Crippen MR) is 70.1 cm³/mol. The first-order chi connectivity index (χ1) is 8.74. The van der Waals surface area contributed by atoms with Crippen LogP contribution in [0, 0.1) is 5.92 Å². The van der Waals surface area contributed by atoms with E-state index in [4.69, 9.17) is 9.47 Å². The minimum Gasteiger partial charge on any atom is -0.493 e. The summed E-state index contributed by atoms with van der Waals surface area (Å²) in [6.45, 7) is 1.26. The summed E-state index contributed by atoms with van der Waals surface area (Å²) in [6, 6.07) is 5.57. The number of hydrogen-bond acceptors (Lipinski definition) is 4. The van der Waals surface area contributed by atoms with E-state index in [1.807, 2.05) is 25.2 Å². The summed E-state index contributed by atoms with van der Waals surface area (Å²) < 4.78 is 11.0. The number of benzene rings is 1. The number of hydrogen-bond donors (Lipinski definition) is 2. The molecule has 1 saturated carbocycles. The highest BCUT2D eigenvalue weighted by Crippen LogP contribution is 2.34. The van der Waals surface area contributed by atoms with E-state index in [2.05, 4.69) is 5.32 Å². The summed E-state index contributed by atoms with van der Waals surface area (Å²) in [4.78, 5) is 0. The van der Waals surface area contributed by atoms with Crippen LogP contribution in [0.3, 0.4) is 0 Å². The van der Waals surface area contributed by atoms with Gasteiger partial charge in [0.25, 0.3) is 0 Å². The van der Waals surface area contributed by atoms with E-state index in [0.29, 0.717) is 12.5 Å². The van der Waals surface area contributed by atoms with E-state index in [0.717, 1.165) is 23.7 Å². The molecule has 0 amide bonds. The number of methoxy groups -OCH3 is 1. The monoisotopic (exact) mass is 251 g/mol. The molecule has 4 heteroatoms. The second-order valence-corrected chi connectivity index (χ2v) is 4.74. The molecule has 18 heavy (non-hydrogen) atoms. The molecule has 1 aliphatic rings. The zero-order valence-electron chi connectivity index (χ0n) is 11.0. The van der Waals surface area contributed by atoms with Crippen LogP contribution in [0.5, 0.6) is 11.5 Å². The molecule has 1 unspecified atom stereocenters. The highest BCUT2D eigenvalue weighted by molar-refractivity contribution is 5.43. The Labute approximate surface area is 108 Å². The Balaban J connectivity index is 2.09. The van der Waals surface area contributed by atoms with Crippen molar-refractivity contribution in [1.82, 2.24) is 5.32 Å². The van der Waals surface area contributed by atoms with Gasteiger partial charge in [0.1, 0.15) is 0 Å². The van der Waals surface area contributed by atoms with Crippen molar-refractivity contribution in [3.05, 3.63) is 23.8 Å². The lowest BCUT2D eigenvalue weighted by molar-refractivity contribution is 0.177. The number of ether oxygens (including phenoxy) is 2. The fourth-order valence-electron chi connectivity index (χ4n) is 1.82. The van der Waals surface area contributed by atoms with Gasteiger partial charge in [-0.3, -0.25) is 0 Å². The van der Waals surface area contributed by atoms with Gasteiger partial charge < -0.3 is 19.9 Å². The Bertz CT molecular complexity index is 391. The van der Waals surface area contributed by atoms with Gasteiger partial charge in [-0.15, -0.1) is 0 Å². The molecule has 100 valence electrons. The third kappa shape index (κ3) is 3.37. The number of rotatable bonds is 7. The fraction of sp³-hybridized carbons (Fsp3) is 0.571. The summed E-state index contributed by atoms with van der Waals surface area (Å²) in [6.07, 6.45) is 1.98. The van der Waals surface area contributed by atoms with Crippen molar-refractivity contribution in [2.75, 3.05) is 27.3 Å². The van der Waals surface area contributed by atoms with Crippen molar-refractivity contribution in [2.24, 2.45) is 5.92 Å². The molecule has 4 nitrogen and oxygen atoms in total. The molecule has 1 aliphatic carbocycles. The molecule has 0 spiro atoms. The molecule has 2 N–H and O–H groups in total. The van der Waals surface area contributed by atoms with Gasteiger partial charge >= 0.3 is 0 Å². The van der Waals surface area contributed by atoms with Crippen molar-refractivity contribution in [2.45, 2.75) is 18.9 Å². The molecule has 2 rings (SSSR count). The average molecular weight is 251 g/mol. The molecule has 1 fully saturated rings. The van der Waals surface area contributed by atoms with Gasteiger partial charge in [0.15, 0.2) is 11.5 Å². The summed E-state index contributed by atoms with van der Waals surface area (Å²) in [7, 11) is 3.44. The predicted octanol–water partition coefficient (Wildman–Crippen LogP) is 1.74. The normalized spacial score (nSPS) is 16.4. The zero-order chi connectivity index (χ0) is 13.0. The lowest BCUT2D eigenvalue weighted by atomic mass is 10.1. The van der Waals surface area contributed by atoms with E-state index in [1.54, 1.807) is 7.11 Å². The second kappa shape index (κ2) is 6.07. The van der Waals surface area contributed by atoms with E-state index < -0.39 is 6.10 Å². The average Bonchev–Trinajstić information content (AvgIpc) is 3.20. The molecule has 0 aromatic heterocycles. The van der Waals surface area contributed by atoms with Gasteiger partial charge in [0, 0.05) is 6.54 Å². The van der Waals surface area contributed by atoms with Gasteiger partial charge in [-0.1, -0.05) is 6.07 Å². The van der Waals surface area contributed by atoms with Crippen molar-refractivity contribution < 1.29 is 14.6 Å². The first-order valence-electron chi connectivity index (χ1n) is 6.38. The Morgan fingerprint density at radius 3 is 2.78 bits per heavy atom. The van der Waals surface area contributed by atoms with Crippen LogP contribution in [0.1, 0.15) is 24.5 Å². The van der Waals surface area contributed by atoms with Crippen LogP contribution < -0.4 is 14.8 Å². The molecular weight excluding hydrogens is 230 g/mol. The lowest BCUT2D eigenvalue weighted by Gasteiger charge is -2.15. The van der Waals surface area contributed by atoms with Gasteiger partial charge in [0.2, 0.25) is 0 Å². The minimum absolute atomic E-state index is 0.522. The standard InChI is InChI=1S/C14H21NO3/c1-15-8-12(16)11-5-6-13(17-2)14(7-11)18-9-10-3-4-10/h5-7,10,12,15-16H,3-4,8-9H2,1-2H3. The maximum atomic E-state index is 9.94. The molecular formula is C14H21NO3. The molecule has 0 heterocycles. The van der Waals surface area contributed by atoms with Gasteiger partial charge in [-0.05, 0) is 43.5 Å². The molecule has 0 aliphatic heterocycles. The number of nitrogens with one attached hydrogen (secondary N) is 1. The maximum Gasteiger partial charge on any atom is 0.161 e. The van der Waals surface area contributed by atoms with Crippen LogP contribution in [0.15, 0.2) is 18.2 Å². The van der Waals surface area contributed by atoms with Crippen molar-refractivity contribution >= 4 is 0 Å². The zero-order valence-corrected chi connectivity index (χ0v) is 11.0. The minimum atomic E-state index is -0.524. The van der Waals surface area contributed by atoms with Gasteiger partial charge in [-0.25, -0.2) is 0 Å². The maximum absolute atomic E-state index is 9.94. The summed E-state index contributed by atoms with van der Waals surface area (Å²) in [5.74, 6) is 2.13. The largest absolute Gasteiger partial charge is 0.493 e. The Hall–Kier alpha value is -1.26. The highest BCUT2D eigenvalue weighted by Gasteiger charge is 2.22. The highest BCUT2D eigenvalue weighted by atomic mass is 16.5. The lowest BCUT2D eigenvalue weighted by Crippen LogP contribution is -2.16. The van der Waals surface area contributed by atoms with Crippen molar-refractivity contribution in [1.29, 1.82) is 0 Å². The van der Waals surface area contributed by atoms with Crippen LogP contribution in [-0.2, 0) is 0 Å². The third-order valence-corrected chi connectivity index (χ3v) is 3.14. The molecule has 0 radical (unpaired) electrons. The van der Waals surface area contributed by atoms with E-state index >= 15 is 0 Å². The number of aliphatic hydroxyl groups excluding tert-OH is 1. The van der Waals surface area contributed by atoms with Crippen LogP contribution in [0.2, 0.25) is 0 Å². The summed E-state index contributed by atoms with van der Waals surface area (Å²) in [5, 5.41) is 12.9. The first kappa shape index (κ1) is 13.2. The fourth-order valence-corrected chi connectivity index (χ4v) is 1.82. The second-order valence-electron chi connectivity index (χ2n) is 4.74. The van der Waals surface area contributed by atoms with Crippen LogP contribution in [-0.4, -0.2) is 32.4 Å². The molecule has 1 aromatic rings. The Kier molecular flexibility index (Phi) is 4.44. The number of aliphatic hydroxyl groups is 1. The quantitative estimate of drug-likeness (QED) is 0.775. The topological polar surface area (TPSA) is 50.7 Å². The van der Waals surface area contributed by atoms with Crippen LogP contribution >= 0.6 is 0 Å². The Morgan fingerprint density at radius 2 is 2.17 bits per heavy atom. The van der Waals surface area contributed by atoms with E-state index in [9.17, 15) is 5.11 Å². The van der Waals surface area contributed by atoms with E-state index in [1.165, 1.54) is 12.8 Å². The molecule has 1 atom stereocenters. The summed E-state index contributed by atoms with van der Waals surface area (Å²) in [5.41, 5.74) is 0.843. The molecule has 0 bridgehead atoms. The van der Waals surface area contributed by atoms with Crippen molar-refractivity contribution in [3.63, 3.8) is 0 Å². The number of likely N-dealkylation sites (N-methyl/N-ethyl adjacent to an activating group) is 1. The third-order valence-electron chi connectivity index (χ3n) is 3.14. The van der Waals surface area contributed by atoms with E-state index in [-0.39, 0.29) is 0 Å². The van der Waals surface area contributed by atoms with Crippen LogP contribution in [0.4, 0.5) is 0 Å². The van der Waals surface area contributed by atoms with Crippen molar-refractivity contribution in [3.8, 4) is 11.5 Å². The van der Waals surface area contributed by atoms with Gasteiger partial charge in [-0.2, -0.15) is 0 Å². The summed E-state index contributed by atoms with van der Waals surface area (Å²) >= 11 is 0. The SMILES string of the molecule is CNCC(O)c1ccc(OC)c(OCC2CC2)c1. The molecule has 1 aromatic carbocycles. The molecule has 0 saturated heterocycles. The van der Waals surface area contributed by atoms with Gasteiger partial charge in [0.05, 0.1) is 19.8 Å².